The zero-order valence-electron chi connectivity index (χ0n) is 9.45. The molecule has 0 heterocycles. The number of aromatic hydroxyl groups is 1. The molecule has 1 amide bonds. The minimum Gasteiger partial charge on any atom is -0.507 e. The minimum atomic E-state index is -4.79. The second-order valence-corrected chi connectivity index (χ2v) is 3.79. The van der Waals surface area contributed by atoms with Gasteiger partial charge < -0.3 is 15.5 Å². The van der Waals surface area contributed by atoms with Crippen LogP contribution < -0.4 is 5.32 Å². The molecule has 0 saturated heterocycles. The van der Waals surface area contributed by atoms with Gasteiger partial charge in [0.15, 0.2) is 6.10 Å². The van der Waals surface area contributed by atoms with Gasteiger partial charge in [0.25, 0.3) is 5.91 Å². The van der Waals surface area contributed by atoms with Gasteiger partial charge in [0.2, 0.25) is 0 Å². The Labute approximate surface area is 101 Å². The number of nitrogens with one attached hydrogen (secondary N) is 1. The summed E-state index contributed by atoms with van der Waals surface area (Å²) in [5.41, 5.74) is 0.540. The summed E-state index contributed by atoms with van der Waals surface area (Å²) in [5.74, 6) is -1.21. The van der Waals surface area contributed by atoms with Gasteiger partial charge in [0, 0.05) is 0 Å². The Hall–Kier alpha value is -1.76. The maximum absolute atomic E-state index is 12.0. The summed E-state index contributed by atoms with van der Waals surface area (Å²) in [7, 11) is 0. The number of amides is 1. The van der Waals surface area contributed by atoms with E-state index in [0.29, 0.717) is 5.56 Å². The van der Waals surface area contributed by atoms with Crippen LogP contribution in [-0.4, -0.2) is 34.9 Å². The third-order valence-corrected chi connectivity index (χ3v) is 2.23. The predicted molar refractivity (Wildman–Crippen MR) is 57.2 cm³/mol. The largest absolute Gasteiger partial charge is 0.507 e. The van der Waals surface area contributed by atoms with Crippen molar-refractivity contribution < 1.29 is 28.2 Å². The molecule has 18 heavy (non-hydrogen) atoms. The van der Waals surface area contributed by atoms with E-state index in [1.54, 1.807) is 13.0 Å². The van der Waals surface area contributed by atoms with E-state index < -0.39 is 24.7 Å². The first-order valence-corrected chi connectivity index (χ1v) is 5.04. The van der Waals surface area contributed by atoms with Gasteiger partial charge in [-0.1, -0.05) is 11.6 Å². The number of aliphatic hydroxyl groups excluding tert-OH is 1. The average molecular weight is 263 g/mol. The summed E-state index contributed by atoms with van der Waals surface area (Å²) in [6.45, 7) is 0.705. The standard InChI is InChI=1S/C11H12F3NO3/c1-6-2-3-8(16)7(4-6)10(18)15-5-9(17)11(12,13)14/h2-4,9,16-17H,5H2,1H3,(H,15,18). The smallest absolute Gasteiger partial charge is 0.416 e. The summed E-state index contributed by atoms with van der Waals surface area (Å²) in [4.78, 5) is 11.5. The molecule has 0 bridgehead atoms. The van der Waals surface area contributed by atoms with Crippen molar-refractivity contribution in [2.45, 2.75) is 19.2 Å². The monoisotopic (exact) mass is 263 g/mol. The predicted octanol–water partition coefficient (Wildman–Crippen LogP) is 1.35. The van der Waals surface area contributed by atoms with Crippen LogP contribution in [0.1, 0.15) is 15.9 Å². The molecule has 1 rings (SSSR count). The molecule has 100 valence electrons. The maximum atomic E-state index is 12.0. The van der Waals surface area contributed by atoms with E-state index in [4.69, 9.17) is 5.11 Å². The second-order valence-electron chi connectivity index (χ2n) is 3.79. The van der Waals surface area contributed by atoms with Crippen molar-refractivity contribution in [1.82, 2.24) is 5.32 Å². The number of hydrogen-bond acceptors (Lipinski definition) is 3. The number of benzene rings is 1. The molecule has 1 aromatic rings. The first-order valence-electron chi connectivity index (χ1n) is 5.04. The summed E-state index contributed by atoms with van der Waals surface area (Å²) in [5, 5.41) is 20.0. The fourth-order valence-electron chi connectivity index (χ4n) is 1.23. The topological polar surface area (TPSA) is 69.6 Å². The van der Waals surface area contributed by atoms with E-state index in [-0.39, 0.29) is 11.3 Å². The van der Waals surface area contributed by atoms with Crippen molar-refractivity contribution in [1.29, 1.82) is 0 Å². The Morgan fingerprint density at radius 2 is 2.06 bits per heavy atom. The number of rotatable bonds is 3. The van der Waals surface area contributed by atoms with E-state index in [1.807, 2.05) is 5.32 Å². The Kier molecular flexibility index (Phi) is 4.18. The molecule has 7 heteroatoms. The van der Waals surface area contributed by atoms with Crippen molar-refractivity contribution in [3.05, 3.63) is 29.3 Å². The number of halogens is 3. The Morgan fingerprint density at radius 3 is 2.61 bits per heavy atom. The van der Waals surface area contributed by atoms with Gasteiger partial charge in [-0.15, -0.1) is 0 Å². The third kappa shape index (κ3) is 3.63. The van der Waals surface area contributed by atoms with Crippen LogP contribution in [0.5, 0.6) is 5.75 Å². The summed E-state index contributed by atoms with van der Waals surface area (Å²) in [6, 6.07) is 4.16. The number of alkyl halides is 3. The SMILES string of the molecule is Cc1ccc(O)c(C(=O)NCC(O)C(F)(F)F)c1. The van der Waals surface area contributed by atoms with E-state index in [9.17, 15) is 23.1 Å². The van der Waals surface area contributed by atoms with Gasteiger partial charge in [-0.2, -0.15) is 13.2 Å². The van der Waals surface area contributed by atoms with E-state index >= 15 is 0 Å². The molecular weight excluding hydrogens is 251 g/mol. The van der Waals surface area contributed by atoms with Crippen LogP contribution in [-0.2, 0) is 0 Å². The van der Waals surface area contributed by atoms with Crippen LogP contribution in [0.25, 0.3) is 0 Å². The molecule has 0 fully saturated rings. The first-order chi connectivity index (χ1) is 8.21. The molecule has 1 atom stereocenters. The number of aryl methyl sites for hydroxylation is 1. The number of carbonyl (C=O) groups excluding carboxylic acids is 1. The summed E-state index contributed by atoms with van der Waals surface area (Å²) >= 11 is 0. The highest BCUT2D eigenvalue weighted by atomic mass is 19.4. The number of phenolic OH excluding ortho intramolecular Hbond substituents is 1. The van der Waals surface area contributed by atoms with Gasteiger partial charge in [-0.25, -0.2) is 0 Å². The molecule has 0 aliphatic rings. The van der Waals surface area contributed by atoms with Crippen LogP contribution in [0, 0.1) is 6.92 Å². The third-order valence-electron chi connectivity index (χ3n) is 2.23. The zero-order chi connectivity index (χ0) is 13.9. The van der Waals surface area contributed by atoms with Gasteiger partial charge in [0.1, 0.15) is 5.75 Å². The van der Waals surface area contributed by atoms with E-state index in [2.05, 4.69) is 0 Å². The van der Waals surface area contributed by atoms with Gasteiger partial charge in [-0.05, 0) is 19.1 Å². The normalized spacial score (nSPS) is 13.2. The molecule has 3 N–H and O–H groups in total. The average Bonchev–Trinajstić information content (AvgIpc) is 2.27. The quantitative estimate of drug-likeness (QED) is 0.771. The summed E-state index contributed by atoms with van der Waals surface area (Å²) < 4.78 is 36.0. The van der Waals surface area contributed by atoms with Gasteiger partial charge in [0.05, 0.1) is 12.1 Å². The second kappa shape index (κ2) is 5.26. The molecule has 1 unspecified atom stereocenters. The van der Waals surface area contributed by atoms with Crippen LogP contribution in [0.15, 0.2) is 18.2 Å². The number of carbonyl (C=O) groups is 1. The lowest BCUT2D eigenvalue weighted by Crippen LogP contribution is -2.40. The fraction of sp³-hybridized carbons (Fsp3) is 0.364. The van der Waals surface area contributed by atoms with E-state index in [0.717, 1.165) is 0 Å². The van der Waals surface area contributed by atoms with Crippen LogP contribution in [0.4, 0.5) is 13.2 Å². The van der Waals surface area contributed by atoms with Gasteiger partial charge >= 0.3 is 6.18 Å². The van der Waals surface area contributed by atoms with Crippen molar-refractivity contribution in [3.63, 3.8) is 0 Å². The molecule has 1 aromatic carbocycles. The van der Waals surface area contributed by atoms with E-state index in [1.165, 1.54) is 12.1 Å². The van der Waals surface area contributed by atoms with Crippen LogP contribution in [0.2, 0.25) is 0 Å². The highest BCUT2D eigenvalue weighted by Crippen LogP contribution is 2.20. The summed E-state index contributed by atoms with van der Waals surface area (Å²) in [6.07, 6.45) is -7.42. The number of phenols is 1. The fourth-order valence-corrected chi connectivity index (χ4v) is 1.23. The molecule has 0 aliphatic carbocycles. The van der Waals surface area contributed by atoms with Crippen molar-refractivity contribution in [2.24, 2.45) is 0 Å². The lowest BCUT2D eigenvalue weighted by molar-refractivity contribution is -0.201. The Balaban J connectivity index is 2.69. The van der Waals surface area contributed by atoms with Crippen molar-refractivity contribution >= 4 is 5.91 Å². The van der Waals surface area contributed by atoms with Crippen molar-refractivity contribution in [2.75, 3.05) is 6.54 Å². The van der Waals surface area contributed by atoms with Gasteiger partial charge in [-0.3, -0.25) is 4.79 Å². The minimum absolute atomic E-state index is 0.135. The van der Waals surface area contributed by atoms with Crippen LogP contribution in [0.3, 0.4) is 0 Å². The number of aliphatic hydroxyl groups is 1. The lowest BCUT2D eigenvalue weighted by Gasteiger charge is -2.15. The molecule has 0 aromatic heterocycles. The molecule has 0 radical (unpaired) electrons. The number of hydrogen-bond donors (Lipinski definition) is 3. The highest BCUT2D eigenvalue weighted by Gasteiger charge is 2.38. The molecule has 0 spiro atoms. The Morgan fingerprint density at radius 1 is 1.44 bits per heavy atom. The Bertz CT molecular complexity index is 446. The molecule has 0 aliphatic heterocycles. The maximum Gasteiger partial charge on any atom is 0.416 e. The molecule has 0 saturated carbocycles. The van der Waals surface area contributed by atoms with Crippen LogP contribution >= 0.6 is 0 Å². The zero-order valence-corrected chi connectivity index (χ0v) is 9.45. The highest BCUT2D eigenvalue weighted by molar-refractivity contribution is 5.96. The lowest BCUT2D eigenvalue weighted by atomic mass is 10.1. The molecular formula is C11H12F3NO3. The first kappa shape index (κ1) is 14.3. The molecule has 4 nitrogen and oxygen atoms in total. The van der Waals surface area contributed by atoms with Crippen molar-refractivity contribution in [3.8, 4) is 5.75 Å².